The highest BCUT2D eigenvalue weighted by atomic mass is 16.6. The van der Waals surface area contributed by atoms with Crippen LogP contribution in [0.2, 0.25) is 0 Å². The predicted molar refractivity (Wildman–Crippen MR) is 164 cm³/mol. The summed E-state index contributed by atoms with van der Waals surface area (Å²) in [6.07, 6.45) is 0.261. The second kappa shape index (κ2) is 32.8. The second-order valence-corrected chi connectivity index (χ2v) is 9.40. The van der Waals surface area contributed by atoms with Gasteiger partial charge in [0.25, 0.3) is 0 Å². The van der Waals surface area contributed by atoms with Crippen LogP contribution in [-0.4, -0.2) is 174 Å². The van der Waals surface area contributed by atoms with Crippen molar-refractivity contribution >= 4 is 29.9 Å². The van der Waals surface area contributed by atoms with Crippen LogP contribution >= 0.6 is 0 Å². The van der Waals surface area contributed by atoms with E-state index in [1.165, 1.54) is 6.92 Å². The minimum absolute atomic E-state index is 0.00842. The van der Waals surface area contributed by atoms with Crippen molar-refractivity contribution < 1.29 is 71.3 Å². The fourth-order valence-corrected chi connectivity index (χ4v) is 3.17. The Morgan fingerprint density at radius 1 is 0.553 bits per heavy atom. The Bertz CT molecular complexity index is 835. The molecule has 0 aromatic rings. The summed E-state index contributed by atoms with van der Waals surface area (Å²) < 4.78 is 51.0. The summed E-state index contributed by atoms with van der Waals surface area (Å²) in [6.45, 7) is 6.74. The van der Waals surface area contributed by atoms with E-state index in [2.05, 4.69) is 10.6 Å². The molecule has 0 saturated carbocycles. The molecule has 0 saturated heterocycles. The third kappa shape index (κ3) is 32.6. The molecule has 0 rings (SSSR count). The molecule has 0 bridgehead atoms. The lowest BCUT2D eigenvalue weighted by molar-refractivity contribution is -0.156. The number of carbonyl (C=O) groups is 5. The molecule has 0 aromatic heterocycles. The highest BCUT2D eigenvalue weighted by molar-refractivity contribution is 5.78. The Kier molecular flexibility index (Phi) is 30.6. The maximum Gasteiger partial charge on any atom is 0.407 e. The summed E-state index contributed by atoms with van der Waals surface area (Å²) in [5, 5.41) is 5.28. The number of carbonyl (C=O) groups excluding carboxylic acids is 5. The largest absolute Gasteiger partial charge is 0.465 e. The number of hydrogen-bond donors (Lipinski definition) is 2. The number of rotatable bonds is 32. The van der Waals surface area contributed by atoms with Gasteiger partial charge in [-0.2, -0.15) is 0 Å². The van der Waals surface area contributed by atoms with Gasteiger partial charge in [-0.1, -0.05) is 6.92 Å². The minimum Gasteiger partial charge on any atom is -0.465 e. The van der Waals surface area contributed by atoms with E-state index < -0.39 is 37.2 Å². The number of methoxy groups -OCH3 is 1. The number of alkyl carbamates (subject to hydrolysis) is 1. The summed E-state index contributed by atoms with van der Waals surface area (Å²) in [6, 6.07) is 0. The average Bonchev–Trinajstić information content (AvgIpc) is 3.03. The number of ether oxygens (including phenoxy) is 10. The molecule has 0 atom stereocenters. The van der Waals surface area contributed by atoms with Crippen LogP contribution in [0.15, 0.2) is 0 Å². The normalized spacial score (nSPS) is 10.8. The van der Waals surface area contributed by atoms with Crippen LogP contribution in [0.4, 0.5) is 4.79 Å². The van der Waals surface area contributed by atoms with E-state index in [1.807, 2.05) is 6.92 Å². The average molecular weight is 684 g/mol. The van der Waals surface area contributed by atoms with Gasteiger partial charge in [0.15, 0.2) is 0 Å². The fourth-order valence-electron chi connectivity index (χ4n) is 3.17. The summed E-state index contributed by atoms with van der Waals surface area (Å²) in [4.78, 5) is 60.1. The van der Waals surface area contributed by atoms with E-state index in [0.717, 1.165) is 6.42 Å². The number of hydrogen-bond acceptors (Lipinski definition) is 16. The lowest BCUT2D eigenvalue weighted by atomic mass is 10.4. The number of amides is 2. The monoisotopic (exact) mass is 683 g/mol. The maximum absolute atomic E-state index is 12.3. The molecule has 0 heterocycles. The summed E-state index contributed by atoms with van der Waals surface area (Å²) in [5.41, 5.74) is 0. The molecule has 18 nitrogen and oxygen atoms in total. The van der Waals surface area contributed by atoms with Gasteiger partial charge in [-0.15, -0.1) is 0 Å². The lowest BCUT2D eigenvalue weighted by Gasteiger charge is -2.21. The van der Waals surface area contributed by atoms with Gasteiger partial charge in [-0.25, -0.2) is 14.4 Å². The highest BCUT2D eigenvalue weighted by Crippen LogP contribution is 1.93. The highest BCUT2D eigenvalue weighted by Gasteiger charge is 2.13. The van der Waals surface area contributed by atoms with Crippen molar-refractivity contribution in [2.75, 3.05) is 139 Å². The topological polar surface area (TPSA) is 205 Å². The third-order valence-electron chi connectivity index (χ3n) is 5.38. The smallest absolute Gasteiger partial charge is 0.407 e. The van der Waals surface area contributed by atoms with Crippen molar-refractivity contribution in [3.63, 3.8) is 0 Å². The first-order chi connectivity index (χ1) is 22.8. The van der Waals surface area contributed by atoms with Crippen molar-refractivity contribution in [3.05, 3.63) is 0 Å². The van der Waals surface area contributed by atoms with Crippen molar-refractivity contribution in [1.82, 2.24) is 15.5 Å². The quantitative estimate of drug-likeness (QED) is 0.0492. The summed E-state index contributed by atoms with van der Waals surface area (Å²) in [5.74, 6) is -2.12. The molecule has 0 radical (unpaired) electrons. The van der Waals surface area contributed by atoms with Crippen LogP contribution in [0.1, 0.15) is 20.3 Å². The van der Waals surface area contributed by atoms with E-state index in [9.17, 15) is 24.0 Å². The summed E-state index contributed by atoms with van der Waals surface area (Å²) in [7, 11) is 1.59. The molecule has 2 amide bonds. The number of nitrogens with zero attached hydrogens (tertiary/aromatic N) is 1. The van der Waals surface area contributed by atoms with Gasteiger partial charge in [0.05, 0.1) is 72.6 Å². The van der Waals surface area contributed by atoms with Crippen LogP contribution in [0, 0.1) is 0 Å². The molecule has 0 aromatic carbocycles. The van der Waals surface area contributed by atoms with Crippen LogP contribution in [-0.2, 0) is 66.5 Å². The molecule has 0 aliphatic heterocycles. The van der Waals surface area contributed by atoms with Gasteiger partial charge in [0.2, 0.25) is 5.91 Å². The van der Waals surface area contributed by atoms with Gasteiger partial charge in [-0.05, 0) is 6.42 Å². The third-order valence-corrected chi connectivity index (χ3v) is 5.38. The van der Waals surface area contributed by atoms with Gasteiger partial charge in [0, 0.05) is 40.2 Å². The molecule has 0 spiro atoms. The molecule has 47 heavy (non-hydrogen) atoms. The van der Waals surface area contributed by atoms with Gasteiger partial charge in [0.1, 0.15) is 33.0 Å². The first-order valence-electron chi connectivity index (χ1n) is 15.5. The zero-order valence-electron chi connectivity index (χ0n) is 27.9. The van der Waals surface area contributed by atoms with Crippen molar-refractivity contribution in [2.45, 2.75) is 20.3 Å². The fraction of sp³-hybridized carbons (Fsp3) is 0.828. The Morgan fingerprint density at radius 2 is 1.06 bits per heavy atom. The van der Waals surface area contributed by atoms with E-state index in [4.69, 9.17) is 47.4 Å². The molecule has 0 fully saturated rings. The van der Waals surface area contributed by atoms with Crippen LogP contribution in [0.3, 0.4) is 0 Å². The van der Waals surface area contributed by atoms with E-state index in [0.29, 0.717) is 65.9 Å². The molecule has 2 N–H and O–H groups in total. The van der Waals surface area contributed by atoms with Crippen LogP contribution in [0.25, 0.3) is 0 Å². The molecule has 274 valence electrons. The van der Waals surface area contributed by atoms with Crippen molar-refractivity contribution in [3.8, 4) is 0 Å². The minimum atomic E-state index is -0.707. The van der Waals surface area contributed by atoms with Gasteiger partial charge < -0.3 is 58.0 Å². The van der Waals surface area contributed by atoms with Crippen LogP contribution in [0.5, 0.6) is 0 Å². The Hall–Kier alpha value is -3.13. The van der Waals surface area contributed by atoms with E-state index in [1.54, 1.807) is 12.0 Å². The molecular weight excluding hydrogens is 630 g/mol. The molecule has 0 unspecified atom stereocenters. The van der Waals surface area contributed by atoms with Crippen molar-refractivity contribution in [2.24, 2.45) is 0 Å². The van der Waals surface area contributed by atoms with Gasteiger partial charge >= 0.3 is 24.0 Å². The molecule has 0 aliphatic rings. The first kappa shape index (κ1) is 43.9. The SMILES string of the molecule is CCCOC(=O)NCCOCCOCCOC(=O)COCC(=O)OCCN(CCOC(C)=O)CC(=O)NCCOCCOCCOC. The Morgan fingerprint density at radius 3 is 1.64 bits per heavy atom. The second-order valence-electron chi connectivity index (χ2n) is 9.40. The van der Waals surface area contributed by atoms with E-state index >= 15 is 0 Å². The van der Waals surface area contributed by atoms with Gasteiger partial charge in [-0.3, -0.25) is 14.5 Å². The zero-order chi connectivity index (χ0) is 34.8. The number of nitrogens with one attached hydrogen (secondary N) is 2. The molecule has 0 aliphatic carbocycles. The number of esters is 3. The standard InChI is InChI=1S/C29H53N3O15/c1-4-9-47-29(37)31-6-11-40-17-19-42-20-21-46-28(36)24-43-23-27(35)45-13-8-32(7-12-44-25(2)33)22-26(34)30-5-10-39-16-18-41-15-14-38-3/h4-24H2,1-3H3,(H,30,34)(H,31,37). The Balaban J connectivity index is 3.95. The lowest BCUT2D eigenvalue weighted by Crippen LogP contribution is -2.41. The molecule has 18 heteroatoms. The predicted octanol–water partition coefficient (Wildman–Crippen LogP) is -1.08. The van der Waals surface area contributed by atoms with Crippen LogP contribution < -0.4 is 10.6 Å². The zero-order valence-corrected chi connectivity index (χ0v) is 27.9. The van der Waals surface area contributed by atoms with Crippen molar-refractivity contribution in [1.29, 1.82) is 0 Å². The first-order valence-corrected chi connectivity index (χ1v) is 15.5. The summed E-state index contributed by atoms with van der Waals surface area (Å²) >= 11 is 0. The molecular formula is C29H53N3O15. The maximum atomic E-state index is 12.3. The van der Waals surface area contributed by atoms with E-state index in [-0.39, 0.29) is 58.6 Å². The Labute approximate surface area is 276 Å².